The number of fused-ring (bicyclic) bond motifs is 2. The molecule has 0 radical (unpaired) electrons. The number of esters is 1. The maximum absolute atomic E-state index is 14.5. The monoisotopic (exact) mass is 769 g/mol. The Labute approximate surface area is 290 Å². The fraction of sp³-hybridized carbons (Fsp3) is 0.314. The van der Waals surface area contributed by atoms with Gasteiger partial charge in [-0.25, -0.2) is 9.79 Å². The van der Waals surface area contributed by atoms with E-state index < -0.39 is 12.0 Å². The second kappa shape index (κ2) is 14.7. The van der Waals surface area contributed by atoms with Gasteiger partial charge in [0.05, 0.1) is 40.2 Å². The smallest absolute Gasteiger partial charge is 0.344 e. The van der Waals surface area contributed by atoms with Crippen LogP contribution in [-0.2, 0) is 14.3 Å². The molecule has 0 aliphatic carbocycles. The second-order valence-corrected chi connectivity index (χ2v) is 12.8. The Balaban J connectivity index is 1.72. The number of methoxy groups -OCH3 is 2. The minimum absolute atomic E-state index is 0.178. The largest absolute Gasteiger partial charge is 0.496 e. The summed E-state index contributed by atoms with van der Waals surface area (Å²) in [7, 11) is 3.10. The summed E-state index contributed by atoms with van der Waals surface area (Å²) in [5.41, 5.74) is 2.11. The SMILES string of the molecule is CCOC(=O)COc1c(I)cc(/C=c2/sc3n(c2=O)[C@@H](c2c(OC)ccc4ccccc24)C(C(=O)N(CC)CC)=C(C)N=3)cc1OC. The molecule has 4 aromatic rings. The zero-order valence-corrected chi connectivity index (χ0v) is 30.1. The van der Waals surface area contributed by atoms with E-state index in [1.54, 1.807) is 35.6 Å². The highest BCUT2D eigenvalue weighted by Gasteiger charge is 2.36. The summed E-state index contributed by atoms with van der Waals surface area (Å²) in [5, 5.41) is 1.84. The molecule has 0 fully saturated rings. The molecule has 5 rings (SSSR count). The van der Waals surface area contributed by atoms with Gasteiger partial charge < -0.3 is 23.8 Å². The Morgan fingerprint density at radius 2 is 1.77 bits per heavy atom. The minimum Gasteiger partial charge on any atom is -0.496 e. The van der Waals surface area contributed by atoms with Crippen LogP contribution in [0.4, 0.5) is 0 Å². The predicted octanol–water partition coefficient (Wildman–Crippen LogP) is 4.82. The van der Waals surface area contributed by atoms with Gasteiger partial charge in [-0.15, -0.1) is 0 Å². The van der Waals surface area contributed by atoms with E-state index >= 15 is 0 Å². The third-order valence-corrected chi connectivity index (χ3v) is 9.70. The molecule has 1 aliphatic heterocycles. The van der Waals surface area contributed by atoms with Gasteiger partial charge in [-0.2, -0.15) is 0 Å². The summed E-state index contributed by atoms with van der Waals surface area (Å²) in [6.07, 6.45) is 1.77. The number of ether oxygens (including phenoxy) is 4. The van der Waals surface area contributed by atoms with Crippen LogP contribution in [0.5, 0.6) is 17.2 Å². The number of allylic oxidation sites excluding steroid dienone is 1. The van der Waals surface area contributed by atoms with E-state index in [0.29, 0.717) is 60.1 Å². The lowest BCUT2D eigenvalue weighted by molar-refractivity contribution is -0.145. The lowest BCUT2D eigenvalue weighted by Gasteiger charge is -2.30. The lowest BCUT2D eigenvalue weighted by Crippen LogP contribution is -2.43. The van der Waals surface area contributed by atoms with Crippen molar-refractivity contribution in [2.75, 3.05) is 40.5 Å². The highest BCUT2D eigenvalue weighted by Crippen LogP contribution is 2.40. The number of hydrogen-bond acceptors (Lipinski definition) is 9. The van der Waals surface area contributed by atoms with Gasteiger partial charge in [-0.1, -0.05) is 41.7 Å². The van der Waals surface area contributed by atoms with Crippen molar-refractivity contribution in [3.63, 3.8) is 0 Å². The molecule has 0 saturated carbocycles. The number of thiazole rings is 1. The molecule has 0 bridgehead atoms. The normalized spacial score (nSPS) is 14.4. The van der Waals surface area contributed by atoms with Crippen LogP contribution >= 0.6 is 33.9 Å². The highest BCUT2D eigenvalue weighted by molar-refractivity contribution is 14.1. The van der Waals surface area contributed by atoms with Gasteiger partial charge in [0, 0.05) is 18.7 Å². The Hall–Kier alpha value is -4.17. The van der Waals surface area contributed by atoms with E-state index in [1.807, 2.05) is 63.2 Å². The van der Waals surface area contributed by atoms with Crippen LogP contribution in [-0.4, -0.2) is 61.9 Å². The molecular formula is C35H36IN3O7S. The number of aromatic nitrogens is 1. The van der Waals surface area contributed by atoms with Crippen LogP contribution in [0.15, 0.2) is 69.6 Å². The first-order chi connectivity index (χ1) is 22.7. The number of hydrogen-bond donors (Lipinski definition) is 0. The van der Waals surface area contributed by atoms with Crippen LogP contribution < -0.4 is 29.1 Å². The van der Waals surface area contributed by atoms with Crippen molar-refractivity contribution in [3.8, 4) is 17.2 Å². The standard InChI is InChI=1S/C35H36IN3O7S/c1-7-38(8-2)34(42)29-20(4)37-35-39(31(29)30-23-13-11-10-12-22(23)14-15-25(30)43-5)33(41)27(47-35)18-21-16-24(36)32(26(17-21)44-6)46-19-28(40)45-9-3/h10-18,31H,7-9,19H2,1-6H3/b27-18+/t31-/m1/s1. The second-order valence-electron chi connectivity index (χ2n) is 10.6. The van der Waals surface area contributed by atoms with Crippen molar-refractivity contribution in [1.29, 1.82) is 0 Å². The zero-order chi connectivity index (χ0) is 33.8. The van der Waals surface area contributed by atoms with Gasteiger partial charge in [0.1, 0.15) is 11.8 Å². The Kier molecular flexibility index (Phi) is 10.7. The quantitative estimate of drug-likeness (QED) is 0.159. The molecule has 0 saturated heterocycles. The number of likely N-dealkylation sites (N-methyl/N-ethyl adjacent to an activating group) is 1. The fourth-order valence-electron chi connectivity index (χ4n) is 5.73. The van der Waals surface area contributed by atoms with Gasteiger partial charge in [-0.3, -0.25) is 14.2 Å². The van der Waals surface area contributed by atoms with Crippen LogP contribution in [0.3, 0.4) is 0 Å². The third kappa shape index (κ3) is 6.66. The van der Waals surface area contributed by atoms with E-state index in [9.17, 15) is 14.4 Å². The van der Waals surface area contributed by atoms with Crippen LogP contribution in [0.25, 0.3) is 16.8 Å². The Morgan fingerprint density at radius 3 is 2.45 bits per heavy atom. The van der Waals surface area contributed by atoms with Crippen molar-refractivity contribution < 1.29 is 28.5 Å². The Morgan fingerprint density at radius 1 is 1.04 bits per heavy atom. The summed E-state index contributed by atoms with van der Waals surface area (Å²) in [6, 6.07) is 14.5. The molecule has 2 heterocycles. The predicted molar refractivity (Wildman–Crippen MR) is 190 cm³/mol. The number of halogens is 1. The first-order valence-electron chi connectivity index (χ1n) is 15.2. The number of amides is 1. The van der Waals surface area contributed by atoms with Crippen LogP contribution in [0, 0.1) is 3.57 Å². The number of carbonyl (C=O) groups is 2. The molecular weight excluding hydrogens is 733 g/mol. The average molecular weight is 770 g/mol. The van der Waals surface area contributed by atoms with Crippen molar-refractivity contribution in [2.24, 2.45) is 4.99 Å². The van der Waals surface area contributed by atoms with Gasteiger partial charge in [0.25, 0.3) is 11.5 Å². The number of benzene rings is 3. The van der Waals surface area contributed by atoms with E-state index in [1.165, 1.54) is 18.4 Å². The van der Waals surface area contributed by atoms with Gasteiger partial charge in [-0.05, 0) is 90.9 Å². The first-order valence-corrected chi connectivity index (χ1v) is 17.1. The molecule has 1 aliphatic rings. The van der Waals surface area contributed by atoms with Gasteiger partial charge in [0.15, 0.2) is 22.9 Å². The minimum atomic E-state index is -0.782. The molecule has 12 heteroatoms. The summed E-state index contributed by atoms with van der Waals surface area (Å²) in [4.78, 5) is 47.6. The molecule has 246 valence electrons. The molecule has 1 aromatic heterocycles. The Bertz CT molecular complexity index is 2060. The highest BCUT2D eigenvalue weighted by atomic mass is 127. The summed E-state index contributed by atoms with van der Waals surface area (Å²) >= 11 is 3.35. The van der Waals surface area contributed by atoms with Crippen molar-refractivity contribution in [1.82, 2.24) is 9.47 Å². The van der Waals surface area contributed by atoms with E-state index in [4.69, 9.17) is 23.9 Å². The van der Waals surface area contributed by atoms with E-state index in [0.717, 1.165) is 16.3 Å². The molecule has 0 unspecified atom stereocenters. The van der Waals surface area contributed by atoms with Crippen molar-refractivity contribution in [3.05, 3.63) is 94.2 Å². The molecule has 47 heavy (non-hydrogen) atoms. The molecule has 10 nitrogen and oxygen atoms in total. The number of nitrogens with zero attached hydrogens (tertiary/aromatic N) is 3. The lowest BCUT2D eigenvalue weighted by atomic mass is 9.90. The van der Waals surface area contributed by atoms with Gasteiger partial charge in [0.2, 0.25) is 0 Å². The number of carbonyl (C=O) groups excluding carboxylic acids is 2. The van der Waals surface area contributed by atoms with Crippen molar-refractivity contribution in [2.45, 2.75) is 33.7 Å². The van der Waals surface area contributed by atoms with E-state index in [-0.39, 0.29) is 24.7 Å². The van der Waals surface area contributed by atoms with E-state index in [2.05, 4.69) is 22.6 Å². The summed E-state index contributed by atoms with van der Waals surface area (Å²) in [6.45, 7) is 8.43. The maximum Gasteiger partial charge on any atom is 0.344 e. The fourth-order valence-corrected chi connectivity index (χ4v) is 7.56. The first kappa shape index (κ1) is 34.2. The molecule has 1 atom stereocenters. The summed E-state index contributed by atoms with van der Waals surface area (Å²) < 4.78 is 24.9. The number of rotatable bonds is 11. The zero-order valence-electron chi connectivity index (χ0n) is 27.1. The van der Waals surface area contributed by atoms with Gasteiger partial charge >= 0.3 is 5.97 Å². The molecule has 3 aromatic carbocycles. The average Bonchev–Trinajstić information content (AvgIpc) is 3.36. The third-order valence-electron chi connectivity index (χ3n) is 7.92. The molecule has 1 amide bonds. The maximum atomic E-state index is 14.5. The topological polar surface area (TPSA) is 109 Å². The molecule has 0 N–H and O–H groups in total. The summed E-state index contributed by atoms with van der Waals surface area (Å²) in [5.74, 6) is 0.713. The van der Waals surface area contributed by atoms with Crippen LogP contribution in [0.2, 0.25) is 0 Å². The van der Waals surface area contributed by atoms with Crippen molar-refractivity contribution >= 4 is 62.7 Å². The molecule has 0 spiro atoms. The van der Waals surface area contributed by atoms with Crippen LogP contribution in [0.1, 0.15) is 44.9 Å².